The number of carbonyl (C=O) groups excluding carboxylic acids is 1. The first-order valence-corrected chi connectivity index (χ1v) is 5.89. The normalized spacial score (nSPS) is 17.4. The van der Waals surface area contributed by atoms with Crippen LogP contribution in [0, 0.1) is 0 Å². The van der Waals surface area contributed by atoms with Gasteiger partial charge in [0.1, 0.15) is 5.75 Å². The standard InChI is InChI=1S/C13H15NO4/c15-12(5-6-13(16)17)14-10-7-8-18-11-4-2-1-3-9(10)11/h1-4,10H,5-8H2,(H,14,15)(H,16,17). The molecule has 1 amide bonds. The predicted molar refractivity (Wildman–Crippen MR) is 64.3 cm³/mol. The number of amides is 1. The van der Waals surface area contributed by atoms with Crippen molar-refractivity contribution in [2.24, 2.45) is 0 Å². The molecule has 0 aromatic heterocycles. The molecule has 1 aliphatic heterocycles. The van der Waals surface area contributed by atoms with Gasteiger partial charge in [0.25, 0.3) is 0 Å². The lowest BCUT2D eigenvalue weighted by Gasteiger charge is -2.26. The second kappa shape index (κ2) is 5.53. The van der Waals surface area contributed by atoms with Crippen LogP contribution in [-0.2, 0) is 9.59 Å². The summed E-state index contributed by atoms with van der Waals surface area (Å²) in [5, 5.41) is 11.4. The molecule has 96 valence electrons. The fourth-order valence-electron chi connectivity index (χ4n) is 1.98. The minimum absolute atomic E-state index is 0.00879. The molecule has 0 bridgehead atoms. The summed E-state index contributed by atoms with van der Waals surface area (Å²) in [6.07, 6.45) is 0.571. The molecule has 5 heteroatoms. The maximum absolute atomic E-state index is 11.6. The molecule has 1 heterocycles. The molecular weight excluding hydrogens is 234 g/mol. The molecule has 2 rings (SSSR count). The van der Waals surface area contributed by atoms with E-state index >= 15 is 0 Å². The van der Waals surface area contributed by atoms with Gasteiger partial charge in [-0.2, -0.15) is 0 Å². The Kier molecular flexibility index (Phi) is 3.82. The number of benzene rings is 1. The van der Waals surface area contributed by atoms with Crippen molar-refractivity contribution in [1.29, 1.82) is 0 Å². The van der Waals surface area contributed by atoms with Gasteiger partial charge in [0, 0.05) is 18.4 Å². The largest absolute Gasteiger partial charge is 0.493 e. The number of ether oxygens (including phenoxy) is 1. The summed E-state index contributed by atoms with van der Waals surface area (Å²) in [6, 6.07) is 7.47. The van der Waals surface area contributed by atoms with Crippen molar-refractivity contribution >= 4 is 11.9 Å². The summed E-state index contributed by atoms with van der Waals surface area (Å²) in [5.74, 6) is -0.413. The Bertz CT molecular complexity index is 458. The van der Waals surface area contributed by atoms with Crippen molar-refractivity contribution in [2.75, 3.05) is 6.61 Å². The van der Waals surface area contributed by atoms with Gasteiger partial charge in [-0.3, -0.25) is 9.59 Å². The molecule has 5 nitrogen and oxygen atoms in total. The van der Waals surface area contributed by atoms with Gasteiger partial charge < -0.3 is 15.2 Å². The maximum atomic E-state index is 11.6. The monoisotopic (exact) mass is 249 g/mol. The van der Waals surface area contributed by atoms with Crippen LogP contribution in [0.5, 0.6) is 5.75 Å². The third-order valence-corrected chi connectivity index (χ3v) is 2.86. The third-order valence-electron chi connectivity index (χ3n) is 2.86. The molecule has 1 atom stereocenters. The molecule has 1 aromatic rings. The molecule has 0 saturated heterocycles. The van der Waals surface area contributed by atoms with E-state index in [1.165, 1.54) is 0 Å². The van der Waals surface area contributed by atoms with Crippen LogP contribution in [-0.4, -0.2) is 23.6 Å². The molecule has 18 heavy (non-hydrogen) atoms. The zero-order chi connectivity index (χ0) is 13.0. The molecule has 0 spiro atoms. The van der Waals surface area contributed by atoms with Crippen LogP contribution in [0.15, 0.2) is 24.3 Å². The summed E-state index contributed by atoms with van der Waals surface area (Å²) >= 11 is 0. The first-order chi connectivity index (χ1) is 8.66. The van der Waals surface area contributed by atoms with Crippen LogP contribution in [0.2, 0.25) is 0 Å². The summed E-state index contributed by atoms with van der Waals surface area (Å²) in [5.41, 5.74) is 0.951. The van der Waals surface area contributed by atoms with E-state index in [2.05, 4.69) is 5.32 Å². The quantitative estimate of drug-likeness (QED) is 0.847. The molecule has 1 aromatic carbocycles. The van der Waals surface area contributed by atoms with E-state index in [1.807, 2.05) is 24.3 Å². The fourth-order valence-corrected chi connectivity index (χ4v) is 1.98. The van der Waals surface area contributed by atoms with Crippen LogP contribution in [0.3, 0.4) is 0 Å². The Hall–Kier alpha value is -2.04. The first kappa shape index (κ1) is 12.4. The Morgan fingerprint density at radius 2 is 2.11 bits per heavy atom. The van der Waals surface area contributed by atoms with Crippen LogP contribution >= 0.6 is 0 Å². The van der Waals surface area contributed by atoms with Gasteiger partial charge >= 0.3 is 5.97 Å². The van der Waals surface area contributed by atoms with Crippen molar-refractivity contribution in [3.63, 3.8) is 0 Å². The van der Waals surface area contributed by atoms with Crippen LogP contribution in [0.25, 0.3) is 0 Å². The number of rotatable bonds is 4. The van der Waals surface area contributed by atoms with E-state index in [0.29, 0.717) is 13.0 Å². The first-order valence-electron chi connectivity index (χ1n) is 5.89. The number of aliphatic carboxylic acids is 1. The van der Waals surface area contributed by atoms with Gasteiger partial charge in [-0.1, -0.05) is 18.2 Å². The molecule has 0 radical (unpaired) electrons. The van der Waals surface area contributed by atoms with E-state index in [0.717, 1.165) is 11.3 Å². The van der Waals surface area contributed by atoms with Crippen molar-refractivity contribution in [2.45, 2.75) is 25.3 Å². The lowest BCUT2D eigenvalue weighted by Crippen LogP contribution is -2.32. The number of para-hydroxylation sites is 1. The number of carbonyl (C=O) groups is 2. The summed E-state index contributed by atoms with van der Waals surface area (Å²) in [7, 11) is 0. The number of hydrogen-bond donors (Lipinski definition) is 2. The van der Waals surface area contributed by atoms with E-state index in [-0.39, 0.29) is 24.8 Å². The van der Waals surface area contributed by atoms with Crippen molar-refractivity contribution in [1.82, 2.24) is 5.32 Å². The van der Waals surface area contributed by atoms with Crippen LogP contribution in [0.1, 0.15) is 30.9 Å². The maximum Gasteiger partial charge on any atom is 0.303 e. The molecule has 0 saturated carbocycles. The van der Waals surface area contributed by atoms with Gasteiger partial charge in [0.05, 0.1) is 19.1 Å². The summed E-state index contributed by atoms with van der Waals surface area (Å²) < 4.78 is 5.49. The molecule has 2 N–H and O–H groups in total. The SMILES string of the molecule is O=C(O)CCC(=O)NC1CCOc2ccccc21. The van der Waals surface area contributed by atoms with Gasteiger partial charge in [0.15, 0.2) is 0 Å². The topological polar surface area (TPSA) is 75.6 Å². The van der Waals surface area contributed by atoms with Gasteiger partial charge in [-0.15, -0.1) is 0 Å². The Labute approximate surface area is 105 Å². The number of hydrogen-bond acceptors (Lipinski definition) is 3. The lowest BCUT2D eigenvalue weighted by atomic mass is 10.0. The highest BCUT2D eigenvalue weighted by atomic mass is 16.5. The molecule has 0 fully saturated rings. The van der Waals surface area contributed by atoms with Crippen LogP contribution < -0.4 is 10.1 Å². The molecule has 1 aliphatic rings. The average molecular weight is 249 g/mol. The summed E-state index contributed by atoms with van der Waals surface area (Å²) in [6.45, 7) is 0.556. The van der Waals surface area contributed by atoms with E-state index in [4.69, 9.17) is 9.84 Å². The van der Waals surface area contributed by atoms with Crippen molar-refractivity contribution in [3.8, 4) is 5.75 Å². The van der Waals surface area contributed by atoms with Crippen molar-refractivity contribution in [3.05, 3.63) is 29.8 Å². The van der Waals surface area contributed by atoms with E-state index in [1.54, 1.807) is 0 Å². The average Bonchev–Trinajstić information content (AvgIpc) is 2.37. The highest BCUT2D eigenvalue weighted by Crippen LogP contribution is 2.31. The Morgan fingerprint density at radius 3 is 2.89 bits per heavy atom. The zero-order valence-electron chi connectivity index (χ0n) is 9.89. The second-order valence-electron chi connectivity index (χ2n) is 4.19. The number of fused-ring (bicyclic) bond motifs is 1. The van der Waals surface area contributed by atoms with Crippen molar-refractivity contribution < 1.29 is 19.4 Å². The predicted octanol–water partition coefficient (Wildman–Crippen LogP) is 1.49. The van der Waals surface area contributed by atoms with Crippen LogP contribution in [0.4, 0.5) is 0 Å². The van der Waals surface area contributed by atoms with E-state index in [9.17, 15) is 9.59 Å². The number of carboxylic acids is 1. The smallest absolute Gasteiger partial charge is 0.303 e. The number of nitrogens with one attached hydrogen (secondary N) is 1. The van der Waals surface area contributed by atoms with E-state index < -0.39 is 5.97 Å². The minimum atomic E-state index is -0.961. The highest BCUT2D eigenvalue weighted by Gasteiger charge is 2.22. The Balaban J connectivity index is 1.98. The second-order valence-corrected chi connectivity index (χ2v) is 4.19. The zero-order valence-corrected chi connectivity index (χ0v) is 9.89. The fraction of sp³-hybridized carbons (Fsp3) is 0.385. The highest BCUT2D eigenvalue weighted by molar-refractivity contribution is 5.81. The Morgan fingerprint density at radius 1 is 1.33 bits per heavy atom. The molecule has 0 aliphatic carbocycles. The lowest BCUT2D eigenvalue weighted by molar-refractivity contribution is -0.139. The van der Waals surface area contributed by atoms with Gasteiger partial charge in [-0.05, 0) is 6.07 Å². The number of carboxylic acid groups (broad SMARTS) is 1. The molecule has 1 unspecified atom stereocenters. The van der Waals surface area contributed by atoms with Gasteiger partial charge in [0.2, 0.25) is 5.91 Å². The third kappa shape index (κ3) is 3.00. The summed E-state index contributed by atoms with van der Waals surface area (Å²) in [4.78, 5) is 22.0. The molecular formula is C13H15NO4. The minimum Gasteiger partial charge on any atom is -0.493 e. The van der Waals surface area contributed by atoms with Gasteiger partial charge in [-0.25, -0.2) is 0 Å².